The molecule has 0 atom stereocenters. The van der Waals surface area contributed by atoms with Gasteiger partial charge in [0.1, 0.15) is 46.9 Å². The van der Waals surface area contributed by atoms with Crippen molar-refractivity contribution < 1.29 is 33.2 Å². The highest BCUT2D eigenvalue weighted by molar-refractivity contribution is 6.07. The number of fused-ring (bicyclic) bond motifs is 9. The number of hydrogen-bond acceptors (Lipinski definition) is 9. The molecule has 72 heavy (non-hydrogen) atoms. The molecule has 11 heteroatoms. The Morgan fingerprint density at radius 3 is 1.15 bits per heavy atom. The second-order valence-corrected chi connectivity index (χ2v) is 17.2. The highest BCUT2D eigenvalue weighted by atomic mass is 16.5. The Kier molecular flexibility index (Phi) is 12.1. The molecule has 2 aliphatic heterocycles. The topological polar surface area (TPSA) is 122 Å². The number of hydrogen-bond donors (Lipinski definition) is 2. The Bertz CT molecular complexity index is 3680. The van der Waals surface area contributed by atoms with Crippen molar-refractivity contribution in [2.24, 2.45) is 0 Å². The fourth-order valence-corrected chi connectivity index (χ4v) is 9.60. The highest BCUT2D eigenvalue weighted by Crippen LogP contribution is 2.45. The van der Waals surface area contributed by atoms with Crippen molar-refractivity contribution in [1.82, 2.24) is 19.9 Å². The van der Waals surface area contributed by atoms with Gasteiger partial charge in [-0.25, -0.2) is 9.97 Å². The summed E-state index contributed by atoms with van der Waals surface area (Å²) in [4.78, 5) is 18.9. The number of nitrogens with zero attached hydrogens (tertiary/aromatic N) is 2. The van der Waals surface area contributed by atoms with Gasteiger partial charge in [0, 0.05) is 68.1 Å². The molecule has 0 unspecified atom stereocenters. The molecule has 0 saturated carbocycles. The van der Waals surface area contributed by atoms with Gasteiger partial charge in [0.2, 0.25) is 0 Å². The molecule has 0 aliphatic carbocycles. The van der Waals surface area contributed by atoms with Gasteiger partial charge < -0.3 is 43.1 Å². The smallest absolute Gasteiger partial charge is 0.128 e. The van der Waals surface area contributed by atoms with Crippen LogP contribution in [0.15, 0.2) is 146 Å². The number of nitrogens with one attached hydrogen (secondary N) is 2. The zero-order valence-electron chi connectivity index (χ0n) is 40.6. The average molecular weight is 951 g/mol. The van der Waals surface area contributed by atoms with E-state index in [1.54, 1.807) is 42.7 Å². The number of benzene rings is 6. The number of rotatable bonds is 13. The van der Waals surface area contributed by atoms with Gasteiger partial charge >= 0.3 is 0 Å². The van der Waals surface area contributed by atoms with E-state index in [1.807, 2.05) is 84.9 Å². The molecule has 3 aromatic heterocycles. The Morgan fingerprint density at radius 1 is 0.361 bits per heavy atom. The molecule has 6 aromatic carbocycles. The molecule has 0 fully saturated rings. The number of aromatic nitrogens is 4. The summed E-state index contributed by atoms with van der Waals surface area (Å²) in [6, 6.07) is 48.7. The van der Waals surface area contributed by atoms with E-state index in [2.05, 4.69) is 94.9 Å². The predicted molar refractivity (Wildman–Crippen MR) is 288 cm³/mol. The monoisotopic (exact) mass is 950 g/mol. The number of methoxy groups -OCH3 is 6. The minimum absolute atomic E-state index is 0.363. The van der Waals surface area contributed by atoms with Gasteiger partial charge in [-0.05, 0) is 124 Å². The summed E-state index contributed by atoms with van der Waals surface area (Å²) < 4.78 is 41.9. The first kappa shape index (κ1) is 45.2. The lowest BCUT2D eigenvalue weighted by Crippen LogP contribution is -1.98. The van der Waals surface area contributed by atoms with Crippen LogP contribution >= 0.6 is 0 Å². The maximum absolute atomic E-state index is 6.86. The molecule has 9 aromatic rings. The summed E-state index contributed by atoms with van der Waals surface area (Å²) in [7, 11) is 9.90. The van der Waals surface area contributed by atoms with E-state index in [0.717, 1.165) is 88.6 Å². The molecular formula is C61H50N4O7. The van der Waals surface area contributed by atoms with Crippen molar-refractivity contribution in [2.75, 3.05) is 42.7 Å². The molecule has 11 nitrogen and oxygen atoms in total. The summed E-state index contributed by atoms with van der Waals surface area (Å²) in [5, 5.41) is 2.06. The van der Waals surface area contributed by atoms with Crippen LogP contribution in [0.2, 0.25) is 0 Å². The Morgan fingerprint density at radius 2 is 0.736 bits per heavy atom. The predicted octanol–water partition coefficient (Wildman–Crippen LogP) is 14.1. The molecule has 5 heterocycles. The van der Waals surface area contributed by atoms with Crippen LogP contribution in [0.3, 0.4) is 0 Å². The van der Waals surface area contributed by atoms with Crippen LogP contribution in [0.25, 0.3) is 102 Å². The molecule has 356 valence electrons. The van der Waals surface area contributed by atoms with Crippen molar-refractivity contribution in [3.8, 4) is 84.8 Å². The third-order valence-electron chi connectivity index (χ3n) is 13.1. The van der Waals surface area contributed by atoms with Crippen LogP contribution in [0.4, 0.5) is 0 Å². The molecule has 8 bridgehead atoms. The zero-order valence-corrected chi connectivity index (χ0v) is 40.6. The fraction of sp³-hybridized carbons (Fsp3) is 0.115. The summed E-state index contributed by atoms with van der Waals surface area (Å²) >= 11 is 0. The molecule has 0 spiro atoms. The molecule has 0 saturated heterocycles. The molecular weight excluding hydrogens is 901 g/mol. The number of H-pyrrole nitrogens is 2. The Balaban J connectivity index is 1.32. The molecule has 11 rings (SSSR count). The lowest BCUT2D eigenvalue weighted by atomic mass is 9.95. The number of ether oxygens (including phenoxy) is 7. The third kappa shape index (κ3) is 8.51. The van der Waals surface area contributed by atoms with Gasteiger partial charge in [0.25, 0.3) is 0 Å². The van der Waals surface area contributed by atoms with Gasteiger partial charge in [-0.15, -0.1) is 0 Å². The molecule has 0 amide bonds. The first-order valence-corrected chi connectivity index (χ1v) is 23.4. The van der Waals surface area contributed by atoms with Crippen LogP contribution in [0.1, 0.15) is 28.3 Å². The van der Waals surface area contributed by atoms with Gasteiger partial charge in [0.05, 0.1) is 65.4 Å². The summed E-state index contributed by atoms with van der Waals surface area (Å²) in [5.74, 6) is 4.51. The van der Waals surface area contributed by atoms with Crippen molar-refractivity contribution in [3.63, 3.8) is 0 Å². The van der Waals surface area contributed by atoms with Gasteiger partial charge in [-0.1, -0.05) is 60.7 Å². The van der Waals surface area contributed by atoms with Gasteiger partial charge in [0.15, 0.2) is 0 Å². The average Bonchev–Trinajstić information content (AvgIpc) is 4.29. The molecule has 2 aliphatic rings. The van der Waals surface area contributed by atoms with Crippen molar-refractivity contribution in [1.29, 1.82) is 0 Å². The van der Waals surface area contributed by atoms with Crippen LogP contribution in [-0.4, -0.2) is 62.6 Å². The van der Waals surface area contributed by atoms with Crippen LogP contribution < -0.4 is 33.2 Å². The highest BCUT2D eigenvalue weighted by Gasteiger charge is 2.23. The number of aromatic amines is 2. The van der Waals surface area contributed by atoms with E-state index in [4.69, 9.17) is 43.1 Å². The minimum atomic E-state index is 0.363. The quantitative estimate of drug-likeness (QED) is 0.116. The van der Waals surface area contributed by atoms with Crippen molar-refractivity contribution in [2.45, 2.75) is 6.61 Å². The molecule has 2 N–H and O–H groups in total. The maximum atomic E-state index is 6.86. The normalized spacial score (nSPS) is 11.7. The van der Waals surface area contributed by atoms with E-state index in [-0.39, 0.29) is 0 Å². The van der Waals surface area contributed by atoms with Crippen molar-refractivity contribution in [3.05, 3.63) is 174 Å². The van der Waals surface area contributed by atoms with Crippen LogP contribution in [0.5, 0.6) is 40.2 Å². The van der Waals surface area contributed by atoms with E-state index >= 15 is 0 Å². The lowest BCUT2D eigenvalue weighted by molar-refractivity contribution is 0.308. The molecule has 0 radical (unpaired) electrons. The summed E-state index contributed by atoms with van der Waals surface area (Å²) in [6.07, 6.45) is 8.24. The second kappa shape index (κ2) is 19.3. The van der Waals surface area contributed by atoms with E-state index in [1.165, 1.54) is 0 Å². The second-order valence-electron chi connectivity index (χ2n) is 17.2. The zero-order chi connectivity index (χ0) is 49.3. The first-order chi connectivity index (χ1) is 35.3. The van der Waals surface area contributed by atoms with E-state index in [0.29, 0.717) is 63.9 Å². The summed E-state index contributed by atoms with van der Waals surface area (Å²) in [6.45, 7) is 0.363. The largest absolute Gasteiger partial charge is 0.497 e. The third-order valence-corrected chi connectivity index (χ3v) is 13.1. The Hall–Kier alpha value is -9.22. The summed E-state index contributed by atoms with van der Waals surface area (Å²) in [5.41, 5.74) is 13.8. The standard InChI is InChI=1S/C61H50N4O7/c1-66-41-26-38(27-42(32-41)67-2)57-48-17-19-50(62-48)58(39-28-43(68-3)33-44(29-39)69-4)52-21-23-54(64-52)61(60-47-15-11-10-14-37(47)16-25-56(60)72-35-36-12-8-7-9-13-36)55-24-22-53(65-55)59(51-20-18-49(57)63-51)40-30-45(70-5)34-46(31-40)71-6/h7-34,62,65H,35H2,1-6H3. The van der Waals surface area contributed by atoms with Gasteiger partial charge in [-0.2, -0.15) is 0 Å². The van der Waals surface area contributed by atoms with Crippen LogP contribution in [0, 0.1) is 0 Å². The Labute approximate surface area is 416 Å². The SMILES string of the molecule is COc1cc(OC)cc(-c2c3nc(c(-c4cc(OC)cc(OC)c4)c4ccc([nH]4)c(-c4c(OCc5ccccc5)ccc5ccccc45)c4nc(c(-c5cc(OC)cc(OC)c5)c5ccc2[nH]5)C=C4)C=C3)c1. The van der Waals surface area contributed by atoms with E-state index < -0.39 is 0 Å². The van der Waals surface area contributed by atoms with Crippen molar-refractivity contribution >= 4 is 57.1 Å². The van der Waals surface area contributed by atoms with E-state index in [9.17, 15) is 0 Å². The van der Waals surface area contributed by atoms with Gasteiger partial charge in [-0.3, -0.25) is 0 Å². The maximum Gasteiger partial charge on any atom is 0.128 e. The minimum Gasteiger partial charge on any atom is -0.497 e. The first-order valence-electron chi connectivity index (χ1n) is 23.4. The van der Waals surface area contributed by atoms with Crippen LogP contribution in [-0.2, 0) is 6.61 Å². The lowest BCUT2D eigenvalue weighted by Gasteiger charge is -2.16. The fourth-order valence-electron chi connectivity index (χ4n) is 9.60.